The zero-order valence-electron chi connectivity index (χ0n) is 23.1. The molecule has 0 spiro atoms. The van der Waals surface area contributed by atoms with Crippen LogP contribution in [-0.2, 0) is 27.2 Å². The van der Waals surface area contributed by atoms with Crippen molar-refractivity contribution in [1.29, 1.82) is 0 Å². The fraction of sp³-hybridized carbons (Fsp3) is 0.567. The minimum Gasteiger partial charge on any atom is -0.381 e. The number of nitrogens with zero attached hydrogens (tertiary/aromatic N) is 4. The molecule has 3 saturated carbocycles. The van der Waals surface area contributed by atoms with Crippen molar-refractivity contribution in [3.8, 4) is 11.1 Å². The molecule has 3 aliphatic carbocycles. The van der Waals surface area contributed by atoms with Gasteiger partial charge in [-0.25, -0.2) is 9.07 Å². The number of hydrogen-bond acceptors (Lipinski definition) is 7. The second-order valence-electron chi connectivity index (χ2n) is 12.4. The summed E-state index contributed by atoms with van der Waals surface area (Å²) >= 11 is 0. The summed E-state index contributed by atoms with van der Waals surface area (Å²) in [6.07, 6.45) is 8.64. The first-order valence-corrected chi connectivity index (χ1v) is 14.2. The van der Waals surface area contributed by atoms with Crippen LogP contribution in [0.5, 0.6) is 0 Å². The predicted octanol–water partition coefficient (Wildman–Crippen LogP) is 5.16. The molecule has 2 aromatic heterocycles. The molecule has 3 heterocycles. The van der Waals surface area contributed by atoms with Crippen LogP contribution in [0.1, 0.15) is 76.9 Å². The molecule has 40 heavy (non-hydrogen) atoms. The lowest BCUT2D eigenvalue weighted by Gasteiger charge is -2.52. The fourth-order valence-corrected chi connectivity index (χ4v) is 6.52. The molecule has 4 aliphatic rings. The highest BCUT2D eigenvalue weighted by Crippen LogP contribution is 2.57. The Morgan fingerprint density at radius 2 is 1.82 bits per heavy atom. The van der Waals surface area contributed by atoms with Gasteiger partial charge in [-0.3, -0.25) is 9.59 Å². The van der Waals surface area contributed by atoms with Gasteiger partial charge in [0.25, 0.3) is 11.4 Å². The summed E-state index contributed by atoms with van der Waals surface area (Å²) in [5.74, 6) is 0.608. The Balaban J connectivity index is 1.12. The number of aromatic nitrogens is 4. The molecule has 10 heteroatoms. The van der Waals surface area contributed by atoms with Crippen LogP contribution in [-0.4, -0.2) is 39.0 Å². The summed E-state index contributed by atoms with van der Waals surface area (Å²) in [6, 6.07) is 9.15. The molecule has 1 aliphatic heterocycles. The normalized spacial score (nSPS) is 25.2. The van der Waals surface area contributed by atoms with Crippen molar-refractivity contribution in [2.24, 2.45) is 11.3 Å². The standard InChI is InChI=1S/C30H36FN5O4/c1-28(2,31)27-34-26(35-40-27)30-11-8-29(9-12-30,10-13-30)19-36-24(37)17-22(18-32-36)21-4-3-5-23(16-21)33-25(38)20-6-14-39-15-7-20/h3-5,16-18,20H,6-15,19H2,1-2H3,(H,33,38). The molecule has 1 N–H and O–H groups in total. The Hall–Kier alpha value is -3.40. The molecule has 0 unspecified atom stereocenters. The molecule has 3 aromatic rings. The van der Waals surface area contributed by atoms with E-state index in [4.69, 9.17) is 9.26 Å². The van der Waals surface area contributed by atoms with Crippen molar-refractivity contribution in [2.45, 2.75) is 82.8 Å². The highest BCUT2D eigenvalue weighted by atomic mass is 19.1. The molecule has 4 fully saturated rings. The van der Waals surface area contributed by atoms with Crippen LogP contribution in [0, 0.1) is 11.3 Å². The first-order valence-electron chi connectivity index (χ1n) is 14.2. The van der Waals surface area contributed by atoms with E-state index in [-0.39, 0.29) is 34.1 Å². The maximum atomic E-state index is 14.3. The third kappa shape index (κ3) is 5.21. The van der Waals surface area contributed by atoms with Crippen molar-refractivity contribution in [2.75, 3.05) is 18.5 Å². The molecular weight excluding hydrogens is 513 g/mol. The number of carbonyl (C=O) groups is 1. The SMILES string of the molecule is CC(C)(F)c1nc(C23CCC(Cn4ncc(-c5cccc(NC(=O)C6CCOCC6)c5)cc4=O)(CC2)CC3)no1. The highest BCUT2D eigenvalue weighted by Gasteiger charge is 2.52. The molecule has 212 valence electrons. The lowest BCUT2D eigenvalue weighted by Crippen LogP contribution is -2.47. The smallest absolute Gasteiger partial charge is 0.267 e. The van der Waals surface area contributed by atoms with Crippen LogP contribution in [0.15, 0.2) is 45.8 Å². The van der Waals surface area contributed by atoms with Crippen LogP contribution in [0.25, 0.3) is 11.1 Å². The van der Waals surface area contributed by atoms with Gasteiger partial charge >= 0.3 is 0 Å². The van der Waals surface area contributed by atoms with Gasteiger partial charge in [0.15, 0.2) is 11.5 Å². The number of hydrogen-bond donors (Lipinski definition) is 1. The highest BCUT2D eigenvalue weighted by molar-refractivity contribution is 5.93. The van der Waals surface area contributed by atoms with Gasteiger partial charge in [0, 0.05) is 41.9 Å². The van der Waals surface area contributed by atoms with Gasteiger partial charge in [0.2, 0.25) is 5.91 Å². The number of amides is 1. The number of benzene rings is 1. The molecule has 7 rings (SSSR count). The Morgan fingerprint density at radius 1 is 1.10 bits per heavy atom. The average molecular weight is 550 g/mol. The van der Waals surface area contributed by atoms with Crippen LogP contribution >= 0.6 is 0 Å². The molecule has 2 bridgehead atoms. The second-order valence-corrected chi connectivity index (χ2v) is 12.4. The molecule has 1 amide bonds. The van der Waals surface area contributed by atoms with E-state index < -0.39 is 5.67 Å². The number of nitrogens with one attached hydrogen (secondary N) is 1. The van der Waals surface area contributed by atoms with E-state index in [1.54, 1.807) is 16.9 Å². The maximum absolute atomic E-state index is 14.3. The third-order valence-electron chi connectivity index (χ3n) is 9.22. The molecular formula is C30H36FN5O4. The van der Waals surface area contributed by atoms with E-state index in [1.165, 1.54) is 13.8 Å². The zero-order valence-corrected chi connectivity index (χ0v) is 23.1. The summed E-state index contributed by atoms with van der Waals surface area (Å²) in [4.78, 5) is 30.2. The largest absolute Gasteiger partial charge is 0.381 e. The van der Waals surface area contributed by atoms with E-state index in [2.05, 4.69) is 20.6 Å². The maximum Gasteiger partial charge on any atom is 0.267 e. The summed E-state index contributed by atoms with van der Waals surface area (Å²) in [6.45, 7) is 4.64. The van der Waals surface area contributed by atoms with Gasteiger partial charge in [0.1, 0.15) is 0 Å². The lowest BCUT2D eigenvalue weighted by atomic mass is 9.53. The van der Waals surface area contributed by atoms with Crippen LogP contribution in [0.4, 0.5) is 10.1 Å². The number of carbonyl (C=O) groups excluding carboxylic acids is 1. The van der Waals surface area contributed by atoms with Crippen LogP contribution in [0.2, 0.25) is 0 Å². The Morgan fingerprint density at radius 3 is 2.48 bits per heavy atom. The minimum atomic E-state index is -1.66. The van der Waals surface area contributed by atoms with Crippen molar-refractivity contribution in [3.05, 3.63) is 58.6 Å². The average Bonchev–Trinajstić information content (AvgIpc) is 3.48. The van der Waals surface area contributed by atoms with Gasteiger partial charge in [-0.1, -0.05) is 17.3 Å². The Kier molecular flexibility index (Phi) is 6.84. The quantitative estimate of drug-likeness (QED) is 0.433. The first-order chi connectivity index (χ1) is 19.1. The van der Waals surface area contributed by atoms with E-state index in [1.807, 2.05) is 24.3 Å². The number of ether oxygens (including phenoxy) is 1. The van der Waals surface area contributed by atoms with Crippen LogP contribution < -0.4 is 10.9 Å². The monoisotopic (exact) mass is 549 g/mol. The topological polar surface area (TPSA) is 112 Å². The number of alkyl halides is 1. The van der Waals surface area contributed by atoms with Gasteiger partial charge in [-0.15, -0.1) is 0 Å². The Bertz CT molecular complexity index is 1430. The molecule has 1 aromatic carbocycles. The summed E-state index contributed by atoms with van der Waals surface area (Å²) in [7, 11) is 0. The van der Waals surface area contributed by atoms with Gasteiger partial charge in [-0.05, 0) is 88.3 Å². The number of anilines is 1. The summed E-state index contributed by atoms with van der Waals surface area (Å²) < 4.78 is 26.5. The van der Waals surface area contributed by atoms with E-state index in [0.717, 1.165) is 62.5 Å². The Labute approximate surface area is 232 Å². The molecule has 0 atom stereocenters. The van der Waals surface area contributed by atoms with Crippen molar-refractivity contribution >= 4 is 11.6 Å². The summed E-state index contributed by atoms with van der Waals surface area (Å²) in [5, 5.41) is 11.7. The predicted molar refractivity (Wildman–Crippen MR) is 146 cm³/mol. The van der Waals surface area contributed by atoms with E-state index in [0.29, 0.717) is 31.3 Å². The van der Waals surface area contributed by atoms with Crippen LogP contribution in [0.3, 0.4) is 0 Å². The molecule has 9 nitrogen and oxygen atoms in total. The number of halogens is 1. The molecule has 0 radical (unpaired) electrons. The number of rotatable bonds is 7. The van der Waals surface area contributed by atoms with E-state index in [9.17, 15) is 14.0 Å². The van der Waals surface area contributed by atoms with Crippen molar-refractivity contribution in [3.63, 3.8) is 0 Å². The minimum absolute atomic E-state index is 0.000374. The third-order valence-corrected chi connectivity index (χ3v) is 9.22. The number of fused-ring (bicyclic) bond motifs is 3. The van der Waals surface area contributed by atoms with Gasteiger partial charge in [0.05, 0.1) is 12.7 Å². The van der Waals surface area contributed by atoms with Gasteiger partial charge in [-0.2, -0.15) is 10.1 Å². The van der Waals surface area contributed by atoms with Crippen molar-refractivity contribution < 1.29 is 18.4 Å². The zero-order chi connectivity index (χ0) is 28.0. The van der Waals surface area contributed by atoms with Crippen molar-refractivity contribution in [1.82, 2.24) is 19.9 Å². The molecule has 1 saturated heterocycles. The lowest BCUT2D eigenvalue weighted by molar-refractivity contribution is -0.122. The fourth-order valence-electron chi connectivity index (χ4n) is 6.52. The van der Waals surface area contributed by atoms with E-state index >= 15 is 0 Å². The first kappa shape index (κ1) is 26.8. The summed E-state index contributed by atoms with van der Waals surface area (Å²) in [5.41, 5.74) is 0.274. The second kappa shape index (κ2) is 10.2. The van der Waals surface area contributed by atoms with Gasteiger partial charge < -0.3 is 14.6 Å².